The third-order valence-electron chi connectivity index (χ3n) is 5.76. The molecule has 3 aromatic carbocycles. The van der Waals surface area contributed by atoms with Crippen molar-refractivity contribution in [1.82, 2.24) is 18.3 Å². The number of para-hydroxylation sites is 2. The molecule has 0 radical (unpaired) electrons. The van der Waals surface area contributed by atoms with Gasteiger partial charge in [-0.05, 0) is 43.9 Å². The monoisotopic (exact) mass is 492 g/mol. The summed E-state index contributed by atoms with van der Waals surface area (Å²) in [5, 5.41) is 0. The maximum absolute atomic E-state index is 13.5. The lowest BCUT2D eigenvalue weighted by Crippen LogP contribution is -2.40. The van der Waals surface area contributed by atoms with Crippen molar-refractivity contribution in [2.24, 2.45) is 0 Å². The zero-order valence-corrected chi connectivity index (χ0v) is 20.6. The molecular formula is C26H28N4O4S. The van der Waals surface area contributed by atoms with Crippen molar-refractivity contribution in [1.29, 1.82) is 0 Å². The SMILES string of the molecule is CN(C)CCN(Cc1ccccc1)C(=O)Cn1c(=O)n(S(=O)(=O)c2ccccc2)c2ccccc21. The molecule has 4 rings (SSSR count). The minimum Gasteiger partial charge on any atom is -0.336 e. The zero-order valence-electron chi connectivity index (χ0n) is 19.7. The summed E-state index contributed by atoms with van der Waals surface area (Å²) in [6.07, 6.45) is 0. The molecule has 0 saturated heterocycles. The van der Waals surface area contributed by atoms with E-state index in [-0.39, 0.29) is 22.9 Å². The zero-order chi connectivity index (χ0) is 25.0. The van der Waals surface area contributed by atoms with E-state index in [4.69, 9.17) is 0 Å². The molecule has 8 nitrogen and oxygen atoms in total. The second-order valence-corrected chi connectivity index (χ2v) is 10.3. The Morgan fingerprint density at radius 1 is 0.800 bits per heavy atom. The summed E-state index contributed by atoms with van der Waals surface area (Å²) < 4.78 is 28.8. The summed E-state index contributed by atoms with van der Waals surface area (Å²) in [6, 6.07) is 24.1. The molecule has 0 unspecified atom stereocenters. The largest absolute Gasteiger partial charge is 0.343 e. The summed E-state index contributed by atoms with van der Waals surface area (Å²) in [6.45, 7) is 1.24. The number of hydrogen-bond acceptors (Lipinski definition) is 5. The average molecular weight is 493 g/mol. The summed E-state index contributed by atoms with van der Waals surface area (Å²) >= 11 is 0. The van der Waals surface area contributed by atoms with Crippen molar-refractivity contribution < 1.29 is 13.2 Å². The minimum absolute atomic E-state index is 0.00742. The summed E-state index contributed by atoms with van der Waals surface area (Å²) in [5.41, 5.74) is 0.825. The Balaban J connectivity index is 1.73. The predicted octanol–water partition coefficient (Wildman–Crippen LogP) is 2.63. The molecule has 182 valence electrons. The molecular weight excluding hydrogens is 464 g/mol. The van der Waals surface area contributed by atoms with Crippen molar-refractivity contribution in [2.75, 3.05) is 27.2 Å². The molecule has 4 aromatic rings. The van der Waals surface area contributed by atoms with Crippen LogP contribution in [0.15, 0.2) is 94.6 Å². The molecule has 0 bridgehead atoms. The van der Waals surface area contributed by atoms with Gasteiger partial charge in [0.15, 0.2) is 0 Å². The number of likely N-dealkylation sites (N-methyl/N-ethyl adjacent to an activating group) is 1. The fourth-order valence-corrected chi connectivity index (χ4v) is 5.34. The molecule has 0 fully saturated rings. The van der Waals surface area contributed by atoms with Crippen molar-refractivity contribution in [3.05, 3.63) is 101 Å². The van der Waals surface area contributed by atoms with Crippen LogP contribution in [-0.2, 0) is 27.9 Å². The Bertz CT molecular complexity index is 1480. The van der Waals surface area contributed by atoms with Crippen LogP contribution in [0.2, 0.25) is 0 Å². The smallest absolute Gasteiger partial charge is 0.336 e. The molecule has 0 atom stereocenters. The van der Waals surface area contributed by atoms with E-state index in [1.807, 2.05) is 49.3 Å². The molecule has 0 spiro atoms. The van der Waals surface area contributed by atoms with Crippen LogP contribution in [0.1, 0.15) is 5.56 Å². The Morgan fingerprint density at radius 3 is 2.00 bits per heavy atom. The molecule has 0 aliphatic carbocycles. The van der Waals surface area contributed by atoms with Gasteiger partial charge in [0.1, 0.15) is 6.54 Å². The Morgan fingerprint density at radius 2 is 1.37 bits per heavy atom. The van der Waals surface area contributed by atoms with Gasteiger partial charge in [-0.3, -0.25) is 9.36 Å². The molecule has 0 aliphatic heterocycles. The van der Waals surface area contributed by atoms with Crippen LogP contribution in [0.5, 0.6) is 0 Å². The highest BCUT2D eigenvalue weighted by molar-refractivity contribution is 7.90. The number of benzene rings is 3. The van der Waals surface area contributed by atoms with Gasteiger partial charge in [0.25, 0.3) is 10.0 Å². The molecule has 0 N–H and O–H groups in total. The summed E-state index contributed by atoms with van der Waals surface area (Å²) in [7, 11) is -0.293. The molecule has 9 heteroatoms. The lowest BCUT2D eigenvalue weighted by Gasteiger charge is -2.25. The van der Waals surface area contributed by atoms with E-state index in [2.05, 4.69) is 0 Å². The van der Waals surface area contributed by atoms with E-state index >= 15 is 0 Å². The van der Waals surface area contributed by atoms with E-state index in [1.165, 1.54) is 16.7 Å². The fourth-order valence-electron chi connectivity index (χ4n) is 3.91. The lowest BCUT2D eigenvalue weighted by molar-refractivity contribution is -0.132. The van der Waals surface area contributed by atoms with Gasteiger partial charge in [0.05, 0.1) is 15.9 Å². The van der Waals surface area contributed by atoms with E-state index in [0.717, 1.165) is 9.54 Å². The number of carbonyl (C=O) groups excluding carboxylic acids is 1. The standard InChI is InChI=1S/C26H28N4O4S/c1-27(2)17-18-28(19-21-11-5-3-6-12-21)25(31)20-29-23-15-9-10-16-24(23)30(26(29)32)35(33,34)22-13-7-4-8-14-22/h3-16H,17-20H2,1-2H3. The molecule has 0 saturated carbocycles. The van der Waals surface area contributed by atoms with Crippen molar-refractivity contribution in [3.8, 4) is 0 Å². The van der Waals surface area contributed by atoms with Crippen LogP contribution in [0.25, 0.3) is 11.0 Å². The molecule has 1 aromatic heterocycles. The van der Waals surface area contributed by atoms with Crippen LogP contribution in [0.3, 0.4) is 0 Å². The first kappa shape index (κ1) is 24.4. The van der Waals surface area contributed by atoms with Crippen molar-refractivity contribution in [2.45, 2.75) is 18.0 Å². The van der Waals surface area contributed by atoms with Crippen LogP contribution < -0.4 is 5.69 Å². The predicted molar refractivity (Wildman–Crippen MR) is 136 cm³/mol. The summed E-state index contributed by atoms with van der Waals surface area (Å²) in [4.78, 5) is 30.6. The van der Waals surface area contributed by atoms with Crippen LogP contribution in [-0.4, -0.2) is 59.8 Å². The van der Waals surface area contributed by atoms with Gasteiger partial charge >= 0.3 is 5.69 Å². The third-order valence-corrected chi connectivity index (χ3v) is 7.46. The van der Waals surface area contributed by atoms with Gasteiger partial charge < -0.3 is 9.80 Å². The topological polar surface area (TPSA) is 84.6 Å². The van der Waals surface area contributed by atoms with E-state index in [9.17, 15) is 18.0 Å². The van der Waals surface area contributed by atoms with Crippen LogP contribution in [0.4, 0.5) is 0 Å². The highest BCUT2D eigenvalue weighted by Crippen LogP contribution is 2.20. The van der Waals surface area contributed by atoms with Crippen LogP contribution in [0, 0.1) is 0 Å². The lowest BCUT2D eigenvalue weighted by atomic mass is 10.2. The maximum Gasteiger partial charge on any atom is 0.343 e. The number of amides is 1. The minimum atomic E-state index is -4.15. The molecule has 1 amide bonds. The van der Waals surface area contributed by atoms with Gasteiger partial charge in [0, 0.05) is 19.6 Å². The first-order valence-corrected chi connectivity index (χ1v) is 12.7. The Kier molecular flexibility index (Phi) is 7.18. The number of imidazole rings is 1. The highest BCUT2D eigenvalue weighted by Gasteiger charge is 2.26. The van der Waals surface area contributed by atoms with Gasteiger partial charge in [-0.2, -0.15) is 3.97 Å². The quantitative estimate of drug-likeness (QED) is 0.359. The van der Waals surface area contributed by atoms with E-state index < -0.39 is 15.7 Å². The van der Waals surface area contributed by atoms with Crippen molar-refractivity contribution >= 4 is 27.0 Å². The number of hydrogen-bond donors (Lipinski definition) is 0. The van der Waals surface area contributed by atoms with Gasteiger partial charge in [-0.25, -0.2) is 13.2 Å². The first-order chi connectivity index (χ1) is 16.8. The number of carbonyl (C=O) groups is 1. The summed E-state index contributed by atoms with van der Waals surface area (Å²) in [5.74, 6) is -0.266. The van der Waals surface area contributed by atoms with E-state index in [0.29, 0.717) is 25.2 Å². The second-order valence-electron chi connectivity index (χ2n) is 8.54. The Hall–Kier alpha value is -3.69. The number of aromatic nitrogens is 2. The number of fused-ring (bicyclic) bond motifs is 1. The van der Waals surface area contributed by atoms with Crippen LogP contribution >= 0.6 is 0 Å². The fraction of sp³-hybridized carbons (Fsp3) is 0.231. The Labute approximate surface area is 204 Å². The molecule has 1 heterocycles. The maximum atomic E-state index is 13.5. The highest BCUT2D eigenvalue weighted by atomic mass is 32.2. The van der Waals surface area contributed by atoms with Gasteiger partial charge in [-0.15, -0.1) is 0 Å². The number of rotatable bonds is 9. The van der Waals surface area contributed by atoms with Gasteiger partial charge in [0.2, 0.25) is 5.91 Å². The molecule has 35 heavy (non-hydrogen) atoms. The molecule has 0 aliphatic rings. The second kappa shape index (κ2) is 10.3. The number of nitrogens with zero attached hydrogens (tertiary/aromatic N) is 4. The van der Waals surface area contributed by atoms with E-state index in [1.54, 1.807) is 47.4 Å². The normalized spacial score (nSPS) is 11.7. The third kappa shape index (κ3) is 5.21. The van der Waals surface area contributed by atoms with Gasteiger partial charge in [-0.1, -0.05) is 60.7 Å². The average Bonchev–Trinajstić information content (AvgIpc) is 3.14. The first-order valence-electron chi connectivity index (χ1n) is 11.3. The van der Waals surface area contributed by atoms with Crippen molar-refractivity contribution in [3.63, 3.8) is 0 Å².